The number of Topliss-reactive ketones (excluding diaryl/α,β-unsaturated/α-hetero) is 1. The third-order valence-corrected chi connectivity index (χ3v) is 2.76. The van der Waals surface area contributed by atoms with Crippen LogP contribution in [0.25, 0.3) is 0 Å². The minimum atomic E-state index is -0.979. The average Bonchev–Trinajstić information content (AvgIpc) is 2.29. The van der Waals surface area contributed by atoms with E-state index in [1.54, 1.807) is 6.07 Å². The monoisotopic (exact) mass is 240 g/mol. The summed E-state index contributed by atoms with van der Waals surface area (Å²) in [7, 11) is 1.16. The number of aryl methyl sites for hydroxylation is 2. The van der Waals surface area contributed by atoms with E-state index in [9.17, 15) is 9.59 Å². The summed E-state index contributed by atoms with van der Waals surface area (Å²) < 4.78 is 4.35. The van der Waals surface area contributed by atoms with Gasteiger partial charge in [0, 0.05) is 0 Å². The molecule has 3 nitrogen and oxygen atoms in total. The van der Waals surface area contributed by atoms with Crippen LogP contribution in [0, 0.1) is 13.8 Å². The zero-order valence-corrected chi connectivity index (χ0v) is 10.2. The molecule has 1 atom stereocenters. The molecule has 4 heteroatoms. The summed E-state index contributed by atoms with van der Waals surface area (Å²) in [5.74, 6) is -1.65. The van der Waals surface area contributed by atoms with E-state index in [2.05, 4.69) is 4.74 Å². The normalized spacial score (nSPS) is 12.0. The summed E-state index contributed by atoms with van der Waals surface area (Å²) in [6.07, 6.45) is 0. The van der Waals surface area contributed by atoms with Gasteiger partial charge in [0.05, 0.1) is 7.11 Å². The van der Waals surface area contributed by atoms with Gasteiger partial charge < -0.3 is 4.74 Å². The topological polar surface area (TPSA) is 43.4 Å². The quantitative estimate of drug-likeness (QED) is 0.463. The van der Waals surface area contributed by atoms with E-state index < -0.39 is 17.1 Å². The molecule has 0 bridgehead atoms. The van der Waals surface area contributed by atoms with Gasteiger partial charge in [-0.3, -0.25) is 4.79 Å². The van der Waals surface area contributed by atoms with E-state index in [1.807, 2.05) is 26.0 Å². The fourth-order valence-corrected chi connectivity index (χ4v) is 1.70. The van der Waals surface area contributed by atoms with Gasteiger partial charge in [-0.2, -0.15) is 0 Å². The molecule has 0 N–H and O–H groups in total. The molecular weight excluding hydrogens is 228 g/mol. The largest absolute Gasteiger partial charge is 0.463 e. The molecule has 1 aromatic carbocycles. The first-order valence-corrected chi connectivity index (χ1v) is 5.24. The van der Waals surface area contributed by atoms with Crippen molar-refractivity contribution in [2.45, 2.75) is 19.2 Å². The van der Waals surface area contributed by atoms with Crippen molar-refractivity contribution in [1.82, 2.24) is 0 Å². The molecule has 0 saturated heterocycles. The second-order valence-electron chi connectivity index (χ2n) is 3.58. The Morgan fingerprint density at radius 1 is 1.31 bits per heavy atom. The van der Waals surface area contributed by atoms with Gasteiger partial charge in [0.2, 0.25) is 0 Å². The molecule has 16 heavy (non-hydrogen) atoms. The Kier molecular flexibility index (Phi) is 4.07. The number of halogens is 1. The van der Waals surface area contributed by atoms with Crippen molar-refractivity contribution >= 4 is 23.4 Å². The number of benzene rings is 1. The van der Waals surface area contributed by atoms with Crippen molar-refractivity contribution in [3.8, 4) is 0 Å². The lowest BCUT2D eigenvalue weighted by Gasteiger charge is -2.11. The second kappa shape index (κ2) is 5.12. The third-order valence-electron chi connectivity index (χ3n) is 2.32. The van der Waals surface area contributed by atoms with Crippen LogP contribution in [-0.2, 0) is 14.3 Å². The van der Waals surface area contributed by atoms with Crippen molar-refractivity contribution < 1.29 is 14.3 Å². The molecular formula is C12H13ClO3. The first kappa shape index (κ1) is 12.7. The lowest BCUT2D eigenvalue weighted by atomic mass is 10.0. The number of carbonyl (C=O) groups is 2. The molecule has 0 heterocycles. The molecule has 0 fully saturated rings. The van der Waals surface area contributed by atoms with Crippen LogP contribution < -0.4 is 0 Å². The standard InChI is InChI=1S/C12H13ClO3/c1-7-4-5-8(2)9(6-7)10(13)11(14)12(15)16-3/h4-6,10H,1-3H3. The maximum Gasteiger partial charge on any atom is 0.376 e. The fraction of sp³-hybridized carbons (Fsp3) is 0.333. The molecule has 0 aromatic heterocycles. The molecule has 0 aliphatic heterocycles. The first-order valence-electron chi connectivity index (χ1n) is 4.80. The van der Waals surface area contributed by atoms with Gasteiger partial charge in [0.15, 0.2) is 0 Å². The number of alkyl halides is 1. The smallest absolute Gasteiger partial charge is 0.376 e. The summed E-state index contributed by atoms with van der Waals surface area (Å²) >= 11 is 5.96. The van der Waals surface area contributed by atoms with Crippen LogP contribution in [0.15, 0.2) is 18.2 Å². The van der Waals surface area contributed by atoms with Crippen LogP contribution in [0.3, 0.4) is 0 Å². The highest BCUT2D eigenvalue weighted by molar-refractivity contribution is 6.47. The minimum absolute atomic E-state index is 0.650. The minimum Gasteiger partial charge on any atom is -0.463 e. The molecule has 0 aliphatic rings. The molecule has 86 valence electrons. The van der Waals surface area contributed by atoms with Crippen LogP contribution in [0.2, 0.25) is 0 Å². The van der Waals surface area contributed by atoms with E-state index >= 15 is 0 Å². The van der Waals surface area contributed by atoms with E-state index in [0.29, 0.717) is 5.56 Å². The van der Waals surface area contributed by atoms with Crippen molar-refractivity contribution in [2.24, 2.45) is 0 Å². The molecule has 0 radical (unpaired) electrons. The molecule has 0 saturated carbocycles. The fourth-order valence-electron chi connectivity index (χ4n) is 1.38. The van der Waals surface area contributed by atoms with Gasteiger partial charge in [0.25, 0.3) is 5.78 Å². The SMILES string of the molecule is COC(=O)C(=O)C(Cl)c1cc(C)ccc1C. The van der Waals surface area contributed by atoms with Crippen LogP contribution in [0.1, 0.15) is 22.1 Å². The first-order chi connectivity index (χ1) is 7.47. The molecule has 0 spiro atoms. The number of ketones is 1. The summed E-state index contributed by atoms with van der Waals surface area (Å²) in [5.41, 5.74) is 2.52. The highest BCUT2D eigenvalue weighted by Gasteiger charge is 2.26. The lowest BCUT2D eigenvalue weighted by Crippen LogP contribution is -2.20. The summed E-state index contributed by atoms with van der Waals surface area (Å²) in [6, 6.07) is 5.59. The van der Waals surface area contributed by atoms with Gasteiger partial charge in [-0.15, -0.1) is 11.6 Å². The Morgan fingerprint density at radius 2 is 1.94 bits per heavy atom. The predicted molar refractivity (Wildman–Crippen MR) is 61.5 cm³/mol. The Bertz CT molecular complexity index is 426. The van der Waals surface area contributed by atoms with Crippen LogP contribution in [-0.4, -0.2) is 18.9 Å². The zero-order chi connectivity index (χ0) is 12.3. The number of methoxy groups -OCH3 is 1. The number of hydrogen-bond donors (Lipinski definition) is 0. The molecule has 1 rings (SSSR count). The van der Waals surface area contributed by atoms with Crippen molar-refractivity contribution in [2.75, 3.05) is 7.11 Å². The number of hydrogen-bond acceptors (Lipinski definition) is 3. The zero-order valence-electron chi connectivity index (χ0n) is 9.41. The summed E-state index contributed by atoms with van der Waals surface area (Å²) in [4.78, 5) is 22.6. The van der Waals surface area contributed by atoms with Gasteiger partial charge in [-0.05, 0) is 25.0 Å². The number of esters is 1. The second-order valence-corrected chi connectivity index (χ2v) is 4.01. The Morgan fingerprint density at radius 3 is 2.50 bits per heavy atom. The lowest BCUT2D eigenvalue weighted by molar-refractivity contribution is -0.151. The number of rotatable bonds is 3. The van der Waals surface area contributed by atoms with Gasteiger partial charge >= 0.3 is 5.97 Å². The average molecular weight is 241 g/mol. The van der Waals surface area contributed by atoms with E-state index in [4.69, 9.17) is 11.6 Å². The highest BCUT2D eigenvalue weighted by atomic mass is 35.5. The number of ether oxygens (including phenoxy) is 1. The maximum atomic E-state index is 11.5. The summed E-state index contributed by atoms with van der Waals surface area (Å²) in [6.45, 7) is 3.74. The Hall–Kier alpha value is -1.35. The Balaban J connectivity index is 3.04. The van der Waals surface area contributed by atoms with Gasteiger partial charge in [-0.1, -0.05) is 23.8 Å². The Labute approximate surface area is 99.4 Å². The summed E-state index contributed by atoms with van der Waals surface area (Å²) in [5, 5.41) is -0.979. The molecule has 1 aromatic rings. The number of carbonyl (C=O) groups excluding carboxylic acids is 2. The maximum absolute atomic E-state index is 11.5. The molecule has 1 unspecified atom stereocenters. The van der Waals surface area contributed by atoms with Crippen LogP contribution in [0.5, 0.6) is 0 Å². The van der Waals surface area contributed by atoms with Crippen molar-refractivity contribution in [3.63, 3.8) is 0 Å². The van der Waals surface area contributed by atoms with Crippen LogP contribution >= 0.6 is 11.6 Å². The van der Waals surface area contributed by atoms with E-state index in [1.165, 1.54) is 0 Å². The molecule has 0 amide bonds. The predicted octanol–water partition coefficient (Wildman–Crippen LogP) is 2.33. The van der Waals surface area contributed by atoms with E-state index in [-0.39, 0.29) is 0 Å². The van der Waals surface area contributed by atoms with Gasteiger partial charge in [-0.25, -0.2) is 4.79 Å². The molecule has 0 aliphatic carbocycles. The van der Waals surface area contributed by atoms with E-state index in [0.717, 1.165) is 18.2 Å². The third kappa shape index (κ3) is 2.61. The van der Waals surface area contributed by atoms with Crippen molar-refractivity contribution in [3.05, 3.63) is 34.9 Å². The van der Waals surface area contributed by atoms with Crippen molar-refractivity contribution in [1.29, 1.82) is 0 Å². The highest BCUT2D eigenvalue weighted by Crippen LogP contribution is 2.26. The van der Waals surface area contributed by atoms with Gasteiger partial charge in [0.1, 0.15) is 5.38 Å². The van der Waals surface area contributed by atoms with Crippen LogP contribution in [0.4, 0.5) is 0 Å².